The molecule has 4 aliphatic rings. The third-order valence-electron chi connectivity index (χ3n) is 3.05. The van der Waals surface area contributed by atoms with E-state index in [0.29, 0.717) is 29.9 Å². The monoisotopic (exact) mass is 590 g/mol. The van der Waals surface area contributed by atoms with E-state index in [1.54, 1.807) is 23.6 Å². The van der Waals surface area contributed by atoms with Crippen molar-refractivity contribution in [2.45, 2.75) is 24.5 Å². The van der Waals surface area contributed by atoms with Crippen molar-refractivity contribution in [2.24, 2.45) is 0 Å². The fourth-order valence-corrected chi connectivity index (χ4v) is 19.0. The molecule has 0 N–H and O–H groups in total. The molecule has 9 heteroatoms. The first-order chi connectivity index (χ1) is 12.3. The molecule has 0 aromatic heterocycles. The molecular weight excluding hydrogens is 575 g/mol. The van der Waals surface area contributed by atoms with Crippen LogP contribution in [0.1, 0.15) is 13.8 Å². The van der Waals surface area contributed by atoms with Crippen molar-refractivity contribution in [3.05, 3.63) is 57.3 Å². The number of rotatable bonds is 4. The predicted molar refractivity (Wildman–Crippen MR) is 132 cm³/mol. The Bertz CT molecular complexity index is 717. The van der Waals surface area contributed by atoms with Gasteiger partial charge in [-0.1, -0.05) is 0 Å². The van der Waals surface area contributed by atoms with Gasteiger partial charge in [-0.3, -0.25) is 0 Å². The van der Waals surface area contributed by atoms with Crippen molar-refractivity contribution in [3.63, 3.8) is 0 Å². The zero-order chi connectivity index (χ0) is 17.2. The second-order valence-corrected chi connectivity index (χ2v) is 19.4. The average molecular weight is 589 g/mol. The third kappa shape index (κ3) is 4.75. The number of allylic oxidation sites excluding steroid dienone is 3. The fraction of sp³-hybridized carbons (Fsp3) is 0.250. The van der Waals surface area contributed by atoms with Crippen LogP contribution in [0.4, 0.5) is 0 Å². The summed E-state index contributed by atoms with van der Waals surface area (Å²) in [4.78, 5) is 0. The van der Waals surface area contributed by atoms with Crippen molar-refractivity contribution in [3.8, 4) is 0 Å². The van der Waals surface area contributed by atoms with E-state index < -0.39 is 0 Å². The Morgan fingerprint density at radius 2 is 1.08 bits per heavy atom. The van der Waals surface area contributed by atoms with Crippen molar-refractivity contribution >= 4 is 112 Å². The van der Waals surface area contributed by atoms with Gasteiger partial charge in [0.2, 0.25) is 0 Å². The second kappa shape index (κ2) is 9.62. The molecule has 0 amide bonds. The zero-order valence-corrected chi connectivity index (χ0v) is 22.5. The summed E-state index contributed by atoms with van der Waals surface area (Å²) in [5, 5.41) is 6.98. The van der Waals surface area contributed by atoms with Gasteiger partial charge >= 0.3 is 194 Å². The summed E-state index contributed by atoms with van der Waals surface area (Å²) in [6.07, 6.45) is 4.48. The van der Waals surface area contributed by atoms with Crippen LogP contribution in [0, 0.1) is 0 Å². The number of hydrogen-bond donors (Lipinski definition) is 0. The first-order valence-corrected chi connectivity index (χ1v) is 17.5. The van der Waals surface area contributed by atoms with E-state index >= 15 is 0 Å². The molecule has 0 fully saturated rings. The van der Waals surface area contributed by atoms with E-state index in [4.69, 9.17) is 0 Å². The van der Waals surface area contributed by atoms with Crippen molar-refractivity contribution in [1.29, 1.82) is 0 Å². The van der Waals surface area contributed by atoms with Gasteiger partial charge in [0, 0.05) is 0 Å². The van der Waals surface area contributed by atoms with Crippen LogP contribution in [-0.4, -0.2) is 29.9 Å². The molecule has 0 aromatic rings. The zero-order valence-electron chi connectivity index (χ0n) is 13.4. The maximum absolute atomic E-state index is 2.32. The summed E-state index contributed by atoms with van der Waals surface area (Å²) in [7, 11) is 0. The van der Waals surface area contributed by atoms with Gasteiger partial charge in [0.1, 0.15) is 0 Å². The summed E-state index contributed by atoms with van der Waals surface area (Å²) in [5.74, 6) is 0. The Morgan fingerprint density at radius 1 is 0.640 bits per heavy atom. The molecule has 0 spiro atoms. The van der Waals surface area contributed by atoms with Crippen LogP contribution in [0.3, 0.4) is 0 Å². The fourth-order valence-electron chi connectivity index (χ4n) is 2.04. The van der Waals surface area contributed by atoms with Crippen LogP contribution < -0.4 is 0 Å². The van der Waals surface area contributed by atoms with Crippen molar-refractivity contribution < 1.29 is 0 Å². The first kappa shape index (κ1) is 20.2. The van der Waals surface area contributed by atoms with Gasteiger partial charge in [0.05, 0.1) is 0 Å². The molecule has 25 heavy (non-hydrogen) atoms. The van der Waals surface area contributed by atoms with E-state index in [9.17, 15) is 0 Å². The number of hydrogen-bond acceptors (Lipinski definition) is 7. The molecule has 132 valence electrons. The van der Waals surface area contributed by atoms with Crippen LogP contribution in [0.5, 0.6) is 0 Å². The molecule has 4 rings (SSSR count). The summed E-state index contributed by atoms with van der Waals surface area (Å²) in [6, 6.07) is 0. The van der Waals surface area contributed by atoms with Crippen LogP contribution in [0.15, 0.2) is 57.3 Å². The first-order valence-electron chi connectivity index (χ1n) is 7.56. The van der Waals surface area contributed by atoms with E-state index in [1.807, 2.05) is 47.0 Å². The molecule has 4 heterocycles. The van der Waals surface area contributed by atoms with Gasteiger partial charge < -0.3 is 0 Å². The van der Waals surface area contributed by atoms with Gasteiger partial charge in [-0.2, -0.15) is 0 Å². The summed E-state index contributed by atoms with van der Waals surface area (Å²) >= 11 is 15.2. The van der Waals surface area contributed by atoms with E-state index in [2.05, 4.69) is 60.3 Å². The average Bonchev–Trinajstić information content (AvgIpc) is 3.30. The van der Waals surface area contributed by atoms with E-state index in [-0.39, 0.29) is 0 Å². The third-order valence-corrected chi connectivity index (χ3v) is 18.7. The molecule has 0 saturated carbocycles. The molecule has 0 saturated heterocycles. The van der Waals surface area contributed by atoms with Crippen LogP contribution in [-0.2, 0) is 0 Å². The molecule has 0 radical (unpaired) electrons. The van der Waals surface area contributed by atoms with Gasteiger partial charge in [-0.15, -0.1) is 0 Å². The van der Waals surface area contributed by atoms with E-state index in [0.717, 1.165) is 0 Å². The Labute approximate surface area is 191 Å². The van der Waals surface area contributed by atoms with Crippen LogP contribution >= 0.6 is 82.3 Å². The van der Waals surface area contributed by atoms with Gasteiger partial charge in [-0.25, -0.2) is 0 Å². The van der Waals surface area contributed by atoms with Gasteiger partial charge in [-0.05, 0) is 0 Å². The van der Waals surface area contributed by atoms with Crippen LogP contribution in [0.25, 0.3) is 0 Å². The molecule has 0 nitrogen and oxygen atoms in total. The minimum atomic E-state index is 0.676. The predicted octanol–water partition coefficient (Wildman–Crippen LogP) is 8.08. The summed E-state index contributed by atoms with van der Waals surface area (Å²) < 4.78 is 11.0. The summed E-state index contributed by atoms with van der Waals surface area (Å²) in [5.41, 5.74) is 1.37. The molecule has 0 unspecified atom stereocenters. The molecule has 0 aliphatic carbocycles. The van der Waals surface area contributed by atoms with Gasteiger partial charge in [0.15, 0.2) is 0 Å². The topological polar surface area (TPSA) is 0 Å². The van der Waals surface area contributed by atoms with Crippen LogP contribution in [0.2, 0.25) is 10.6 Å². The quantitative estimate of drug-likeness (QED) is 0.301. The standard InChI is InChI=1S/C16H14S7Se2/c1-3-24-15-16(25-4-2)23-14(22-15)13-20-11-12(21-13)19-10(18-11)9-5-7-17-8-6-9/h5-8H,3-4H2,1-2H3. The van der Waals surface area contributed by atoms with Crippen molar-refractivity contribution in [1.82, 2.24) is 0 Å². The molecule has 4 aliphatic heterocycles. The molecule has 0 atom stereocenters. The normalized spacial score (nSPS) is 23.0. The SMILES string of the molecule is CC[Se]C1=C([Se]CC)SC(=C2SC3=C(SC(=C4C=CSC=C4)S3)S2)S1. The van der Waals surface area contributed by atoms with Gasteiger partial charge in [0.25, 0.3) is 0 Å². The Hall–Kier alpha value is 1.93. The summed E-state index contributed by atoms with van der Waals surface area (Å²) in [6.45, 7) is 4.65. The molecule has 0 aromatic carbocycles. The Morgan fingerprint density at radius 3 is 1.56 bits per heavy atom. The Balaban J connectivity index is 1.45. The maximum atomic E-state index is 2.32. The van der Waals surface area contributed by atoms with Crippen molar-refractivity contribution in [2.75, 3.05) is 0 Å². The Kier molecular flexibility index (Phi) is 7.78. The van der Waals surface area contributed by atoms with E-state index in [1.165, 1.54) is 33.2 Å². The molecule has 0 bridgehead atoms. The minimum absolute atomic E-state index is 0.676. The number of thioether (sulfide) groups is 7. The second-order valence-electron chi connectivity index (χ2n) is 4.69. The molecular formula is C16H14S7Se2.